The minimum atomic E-state index is -1.21. The molecule has 0 aromatic rings. The molecule has 0 aromatic carbocycles. The molecule has 0 saturated carbocycles. The van der Waals surface area contributed by atoms with E-state index in [9.17, 15) is 22.8 Å². The van der Waals surface area contributed by atoms with Crippen molar-refractivity contribution in [3.05, 3.63) is 6.92 Å². The number of rotatable bonds is 3. The van der Waals surface area contributed by atoms with Crippen molar-refractivity contribution in [2.75, 3.05) is 52.9 Å². The Morgan fingerprint density at radius 1 is 0.863 bits per heavy atom. The predicted octanol–water partition coefficient (Wildman–Crippen LogP) is -0.782. The van der Waals surface area contributed by atoms with Crippen LogP contribution < -0.4 is 28.7 Å². The van der Waals surface area contributed by atoms with E-state index in [1.807, 2.05) is 47.5 Å². The van der Waals surface area contributed by atoms with Crippen LogP contribution in [0.2, 0.25) is 0 Å². The molecule has 2 heterocycles. The average molecular weight is 801 g/mol. The maximum atomic E-state index is 11.9. The normalized spacial score (nSPS) is 13.3. The summed E-state index contributed by atoms with van der Waals surface area (Å²) < 4.78 is 34.2. The van der Waals surface area contributed by atoms with E-state index in [1.165, 1.54) is 20.3 Å². The average Bonchev–Trinajstić information content (AvgIpc) is 2.95. The second kappa shape index (κ2) is 49.4. The molecule has 2 rings (SSSR count). The Hall–Kier alpha value is -0.578. The number of hydrogen-bond acceptors (Lipinski definition) is 11. The Kier molecular flexibility index (Phi) is 69.6. The molecule has 17 heteroatoms. The first-order valence-electron chi connectivity index (χ1n) is 15.7. The molecule has 2 aliphatic heterocycles. The number of carbonyl (C=O) groups is 3. The summed E-state index contributed by atoms with van der Waals surface area (Å²) >= 11 is 0. The van der Waals surface area contributed by atoms with Gasteiger partial charge in [-0.3, -0.25) is 19.5 Å². The van der Waals surface area contributed by atoms with Crippen LogP contribution >= 0.6 is 0 Å². The van der Waals surface area contributed by atoms with Gasteiger partial charge in [0, 0.05) is 62.0 Å². The molecule has 2 aliphatic rings. The zero-order chi connectivity index (χ0) is 40.7. The molecule has 0 radical (unpaired) electrons. The van der Waals surface area contributed by atoms with Crippen molar-refractivity contribution >= 4 is 39.3 Å². The molecule has 13 nitrogen and oxygen atoms in total. The van der Waals surface area contributed by atoms with Crippen molar-refractivity contribution in [3.8, 4) is 24.2 Å². The van der Waals surface area contributed by atoms with E-state index in [0.29, 0.717) is 26.4 Å². The van der Waals surface area contributed by atoms with E-state index in [-0.39, 0.29) is 93.8 Å². The molecule has 51 heavy (non-hydrogen) atoms. The molecule has 0 amide bonds. The maximum absolute atomic E-state index is 11.9. The van der Waals surface area contributed by atoms with E-state index >= 15 is 0 Å². The number of aliphatic hydroxyl groups excluding tert-OH is 4. The predicted molar refractivity (Wildman–Crippen MR) is 202 cm³/mol. The topological polar surface area (TPSA) is 223 Å². The summed E-state index contributed by atoms with van der Waals surface area (Å²) in [6, 6.07) is 0. The number of ether oxygens (including phenoxy) is 2. The molecular weight excluding hydrogens is 731 g/mol. The number of nitrogens with two attached hydrogens (primary N) is 1. The van der Waals surface area contributed by atoms with Crippen LogP contribution in [-0.4, -0.2) is 114 Å². The van der Waals surface area contributed by atoms with Crippen molar-refractivity contribution in [2.24, 2.45) is 5.14 Å². The fourth-order valence-corrected chi connectivity index (χ4v) is 2.02. The van der Waals surface area contributed by atoms with E-state index in [4.69, 9.17) is 30.3 Å². The molecule has 2 unspecified atom stereocenters. The van der Waals surface area contributed by atoms with Gasteiger partial charge < -0.3 is 36.8 Å². The van der Waals surface area contributed by atoms with E-state index < -0.39 is 27.5 Å². The van der Waals surface area contributed by atoms with Gasteiger partial charge in [0.15, 0.2) is 5.78 Å². The summed E-state index contributed by atoms with van der Waals surface area (Å²) in [6.45, 7) is 28.8. The Morgan fingerprint density at radius 2 is 1.14 bits per heavy atom. The third-order valence-corrected chi connectivity index (χ3v) is 6.60. The second-order valence-electron chi connectivity index (χ2n) is 11.1. The van der Waals surface area contributed by atoms with E-state index in [2.05, 4.69) is 41.6 Å². The minimum absolute atomic E-state index is 0. The number of terminal acetylenes is 1. The van der Waals surface area contributed by atoms with Crippen LogP contribution in [0.5, 0.6) is 0 Å². The van der Waals surface area contributed by atoms with Gasteiger partial charge in [-0.25, -0.2) is 13.1 Å². The second-order valence-corrected chi connectivity index (χ2v) is 14.9. The summed E-state index contributed by atoms with van der Waals surface area (Å²) in [5, 5.41) is 35.3. The monoisotopic (exact) mass is 800 g/mol. The van der Waals surface area contributed by atoms with E-state index in [0.717, 1.165) is 6.42 Å². The molecule has 7 N–H and O–H groups in total. The summed E-state index contributed by atoms with van der Waals surface area (Å²) in [4.78, 5) is 30.1. The molecule has 2 saturated heterocycles. The molecule has 0 aromatic heterocycles. The molecule has 0 aliphatic carbocycles. The minimum Gasteiger partial charge on any atom is -0.397 e. The van der Waals surface area contributed by atoms with Gasteiger partial charge in [-0.2, -0.15) is 6.42 Å². The first-order chi connectivity index (χ1) is 22.4. The van der Waals surface area contributed by atoms with Crippen LogP contribution in [0.25, 0.3) is 0 Å². The van der Waals surface area contributed by atoms with Gasteiger partial charge in [0.1, 0.15) is 18.8 Å². The van der Waals surface area contributed by atoms with Crippen LogP contribution in [0.15, 0.2) is 0 Å². The van der Waals surface area contributed by atoms with Crippen molar-refractivity contribution in [1.29, 1.82) is 0 Å². The van der Waals surface area contributed by atoms with Crippen LogP contribution in [0.4, 0.5) is 0 Å². The van der Waals surface area contributed by atoms with Crippen LogP contribution in [0.3, 0.4) is 0 Å². The Labute approximate surface area is 342 Å². The van der Waals surface area contributed by atoms with Crippen molar-refractivity contribution in [3.63, 3.8) is 0 Å². The van der Waals surface area contributed by atoms with Gasteiger partial charge >= 0.3 is 18.9 Å². The van der Waals surface area contributed by atoms with Crippen molar-refractivity contribution in [2.45, 2.75) is 118 Å². The first kappa shape index (κ1) is 71.8. The maximum Gasteiger partial charge on any atom is 1.00 e. The number of hydrogen-bond donors (Lipinski definition) is 6. The van der Waals surface area contributed by atoms with Gasteiger partial charge in [-0.1, -0.05) is 19.3 Å². The Balaban J connectivity index is -0.0000000612. The molecule has 0 spiro atoms. The third kappa shape index (κ3) is 71.5. The smallest absolute Gasteiger partial charge is 0.397 e. The summed E-state index contributed by atoms with van der Waals surface area (Å²) in [7, 11) is -2.40. The summed E-state index contributed by atoms with van der Waals surface area (Å²) in [5.74, 6) is 6.97. The fraction of sp³-hybridized carbons (Fsp3) is 0.765. The van der Waals surface area contributed by atoms with Gasteiger partial charge in [-0.05, 0) is 81.1 Å². The molecule has 2 fully saturated rings. The molecule has 2 atom stereocenters. The third-order valence-electron chi connectivity index (χ3n) is 3.71. The number of aliphatic hydroxyl groups is 4. The SMILES string of the molecule is C#CC(C)=O.CC(=O)C#CC1(NS(=O)C(C)(C)C)COC1.CC(C)(C)S(N)=O.CCO.CCO.CCO.CCO.O=C1COC1.[CH2-]CCC.[Li+].[Ti]. The standard InChI is InChI=1S/C11H17NO3S.C4H11NOS.C4H4O.C4H9.C3H4O2.4C2H6O.Li.Ti/c1-9(13)5-6-11(7-15-8-11)12-16(14)10(2,3)4;1-4(2,3)7(5)6;1-3-4(2)5;1-3-4-2;4-3-1-5-2-3;4*1-2-3;;/h12H,7-8H2,1-4H3;5H2,1-3H3;1H,2H3;1,3-4H2,2H3;1-2H2;4*3H,2H2,1H3;;/q;;;-1;;;;;;+1;. The van der Waals surface area contributed by atoms with Gasteiger partial charge in [0.05, 0.1) is 44.7 Å². The van der Waals surface area contributed by atoms with Crippen LogP contribution in [-0.2, 0) is 67.5 Å². The molecule has 0 bridgehead atoms. The number of carbonyl (C=O) groups excluding carboxylic acids is 3. The fourth-order valence-electron chi connectivity index (χ4n) is 1.19. The molecule has 298 valence electrons. The zero-order valence-corrected chi connectivity index (χ0v) is 37.1. The van der Waals surface area contributed by atoms with Crippen LogP contribution in [0.1, 0.15) is 103 Å². The Morgan fingerprint density at radius 3 is 1.24 bits per heavy atom. The largest absolute Gasteiger partial charge is 1.00 e. The number of ketones is 3. The quantitative estimate of drug-likeness (QED) is 0.0900. The van der Waals surface area contributed by atoms with Gasteiger partial charge in [0.25, 0.3) is 0 Å². The van der Waals surface area contributed by atoms with Crippen LogP contribution in [0, 0.1) is 31.1 Å². The van der Waals surface area contributed by atoms with Crippen molar-refractivity contribution in [1.82, 2.24) is 4.72 Å². The summed E-state index contributed by atoms with van der Waals surface area (Å²) in [5.41, 5.74) is -0.621. The zero-order valence-electron chi connectivity index (χ0n) is 33.9. The number of nitrogens with one attached hydrogen (secondary N) is 1. The van der Waals surface area contributed by atoms with E-state index in [1.54, 1.807) is 27.7 Å². The molecular formula is C34H69LiN2O11S2Ti. The number of Topliss-reactive ketones (excluding diaryl/α,β-unsaturated/α-hetero) is 3. The van der Waals surface area contributed by atoms with Gasteiger partial charge in [-0.15, -0.1) is 6.42 Å². The van der Waals surface area contributed by atoms with Gasteiger partial charge in [0.2, 0.25) is 11.6 Å². The number of unbranched alkanes of at least 4 members (excludes halogenated alkanes) is 1. The Bertz CT molecular complexity index is 939. The van der Waals surface area contributed by atoms with Crippen molar-refractivity contribution < 1.29 is 93.3 Å². The first-order valence-corrected chi connectivity index (χ1v) is 18.1. The summed E-state index contributed by atoms with van der Waals surface area (Å²) in [6.07, 6.45) is 6.85.